The Kier molecular flexibility index (Phi) is 5.07. The van der Waals surface area contributed by atoms with Crippen LogP contribution in [-0.2, 0) is 0 Å². The molecule has 0 aromatic heterocycles. The number of rotatable bonds is 4. The molecule has 6 heteroatoms. The molecule has 2 aromatic carbocycles. The van der Waals surface area contributed by atoms with Crippen LogP contribution in [0, 0.1) is 18.6 Å². The fourth-order valence-corrected chi connectivity index (χ4v) is 2.89. The third-order valence-electron chi connectivity index (χ3n) is 4.27. The number of carbonyl (C=O) groups is 1. The highest BCUT2D eigenvalue weighted by molar-refractivity contribution is 5.95. The predicted molar refractivity (Wildman–Crippen MR) is 94.0 cm³/mol. The molecule has 1 amide bonds. The van der Waals surface area contributed by atoms with E-state index >= 15 is 0 Å². The molecule has 130 valence electrons. The van der Waals surface area contributed by atoms with E-state index in [1.54, 1.807) is 12.1 Å². The maximum absolute atomic E-state index is 14.3. The van der Waals surface area contributed by atoms with Crippen LogP contribution in [0.15, 0.2) is 41.5 Å². The second-order valence-electron chi connectivity index (χ2n) is 6.03. The topological polar surface area (TPSA) is 44.7 Å². The SMILES string of the molecule is Cc1cc(N2CCCC2)c(F)cc1/C=N\NC(=O)c1ccccc1F. The smallest absolute Gasteiger partial charge is 0.274 e. The van der Waals surface area contributed by atoms with Crippen LogP contribution < -0.4 is 10.3 Å². The molecule has 0 aliphatic carbocycles. The number of carbonyl (C=O) groups excluding carboxylic acids is 1. The van der Waals surface area contributed by atoms with Crippen LogP contribution in [0.5, 0.6) is 0 Å². The first kappa shape index (κ1) is 17.1. The molecule has 1 fully saturated rings. The van der Waals surface area contributed by atoms with Crippen molar-refractivity contribution in [1.29, 1.82) is 0 Å². The van der Waals surface area contributed by atoms with Gasteiger partial charge in [-0.2, -0.15) is 5.10 Å². The maximum atomic E-state index is 14.3. The van der Waals surface area contributed by atoms with Gasteiger partial charge in [-0.3, -0.25) is 4.79 Å². The Morgan fingerprint density at radius 3 is 2.60 bits per heavy atom. The van der Waals surface area contributed by atoms with Crippen LogP contribution in [0.3, 0.4) is 0 Å². The van der Waals surface area contributed by atoms with Gasteiger partial charge in [-0.25, -0.2) is 14.2 Å². The lowest BCUT2D eigenvalue weighted by atomic mass is 10.1. The molecule has 1 heterocycles. The van der Waals surface area contributed by atoms with Crippen molar-refractivity contribution in [2.75, 3.05) is 18.0 Å². The number of hydrogen-bond donors (Lipinski definition) is 1. The Bertz CT molecular complexity index is 814. The third kappa shape index (κ3) is 3.84. The monoisotopic (exact) mass is 343 g/mol. The molecule has 0 radical (unpaired) electrons. The van der Waals surface area contributed by atoms with Gasteiger partial charge in [0.1, 0.15) is 11.6 Å². The number of benzene rings is 2. The van der Waals surface area contributed by atoms with Crippen molar-refractivity contribution in [2.24, 2.45) is 5.10 Å². The van der Waals surface area contributed by atoms with E-state index in [4.69, 9.17) is 0 Å². The first-order valence-corrected chi connectivity index (χ1v) is 8.19. The summed E-state index contributed by atoms with van der Waals surface area (Å²) in [6, 6.07) is 8.84. The Balaban J connectivity index is 1.72. The summed E-state index contributed by atoms with van der Waals surface area (Å²) in [7, 11) is 0. The van der Waals surface area contributed by atoms with Crippen molar-refractivity contribution >= 4 is 17.8 Å². The summed E-state index contributed by atoms with van der Waals surface area (Å²) < 4.78 is 27.9. The summed E-state index contributed by atoms with van der Waals surface area (Å²) in [5.74, 6) is -1.58. The summed E-state index contributed by atoms with van der Waals surface area (Å²) in [6.45, 7) is 3.59. The Hall–Kier alpha value is -2.76. The van der Waals surface area contributed by atoms with Crippen molar-refractivity contribution in [3.63, 3.8) is 0 Å². The zero-order valence-electron chi connectivity index (χ0n) is 13.9. The van der Waals surface area contributed by atoms with Crippen molar-refractivity contribution in [3.8, 4) is 0 Å². The first-order chi connectivity index (χ1) is 12.1. The number of aryl methyl sites for hydroxylation is 1. The molecule has 1 N–H and O–H groups in total. The maximum Gasteiger partial charge on any atom is 0.274 e. The third-order valence-corrected chi connectivity index (χ3v) is 4.27. The molecule has 0 unspecified atom stereocenters. The second-order valence-corrected chi connectivity index (χ2v) is 6.03. The van der Waals surface area contributed by atoms with Crippen LogP contribution in [0.2, 0.25) is 0 Å². The Labute approximate surface area is 145 Å². The average Bonchev–Trinajstić information content (AvgIpc) is 3.12. The Morgan fingerprint density at radius 1 is 1.16 bits per heavy atom. The zero-order chi connectivity index (χ0) is 17.8. The lowest BCUT2D eigenvalue weighted by molar-refractivity contribution is 0.0951. The summed E-state index contributed by atoms with van der Waals surface area (Å²) in [6.07, 6.45) is 3.51. The quantitative estimate of drug-likeness (QED) is 0.680. The van der Waals surface area contributed by atoms with Gasteiger partial charge in [0, 0.05) is 18.7 Å². The normalized spacial score (nSPS) is 14.3. The second kappa shape index (κ2) is 7.42. The van der Waals surface area contributed by atoms with Gasteiger partial charge >= 0.3 is 0 Å². The average molecular weight is 343 g/mol. The van der Waals surface area contributed by atoms with E-state index in [1.807, 2.05) is 11.8 Å². The van der Waals surface area contributed by atoms with Crippen LogP contribution >= 0.6 is 0 Å². The molecular formula is C19H19F2N3O. The van der Waals surface area contributed by atoms with Crippen molar-refractivity contribution in [1.82, 2.24) is 5.43 Å². The van der Waals surface area contributed by atoms with Crippen molar-refractivity contribution in [2.45, 2.75) is 19.8 Å². The van der Waals surface area contributed by atoms with Crippen LogP contribution in [0.4, 0.5) is 14.5 Å². The number of anilines is 1. The molecule has 0 saturated carbocycles. The number of nitrogens with zero attached hydrogens (tertiary/aromatic N) is 2. The van der Waals surface area contributed by atoms with Gasteiger partial charge in [0.05, 0.1) is 17.5 Å². The highest BCUT2D eigenvalue weighted by Gasteiger charge is 2.17. The van der Waals surface area contributed by atoms with E-state index in [-0.39, 0.29) is 11.4 Å². The molecule has 1 saturated heterocycles. The molecule has 3 rings (SSSR count). The van der Waals surface area contributed by atoms with Crippen molar-refractivity contribution < 1.29 is 13.6 Å². The summed E-state index contributed by atoms with van der Waals surface area (Å²) >= 11 is 0. The molecular weight excluding hydrogens is 324 g/mol. The van der Waals surface area contributed by atoms with Gasteiger partial charge in [-0.15, -0.1) is 0 Å². The van der Waals surface area contributed by atoms with Gasteiger partial charge in [0.15, 0.2) is 0 Å². The number of hydrogen-bond acceptors (Lipinski definition) is 3. The highest BCUT2D eigenvalue weighted by Crippen LogP contribution is 2.26. The molecule has 25 heavy (non-hydrogen) atoms. The van der Waals surface area contributed by atoms with Crippen molar-refractivity contribution in [3.05, 3.63) is 64.7 Å². The summed E-state index contributed by atoms with van der Waals surface area (Å²) in [5, 5.41) is 3.82. The van der Waals surface area contributed by atoms with Crippen LogP contribution in [-0.4, -0.2) is 25.2 Å². The molecule has 0 spiro atoms. The summed E-state index contributed by atoms with van der Waals surface area (Å²) in [5.41, 5.74) is 4.19. The van der Waals surface area contributed by atoms with E-state index in [0.717, 1.165) is 31.5 Å². The largest absolute Gasteiger partial charge is 0.369 e. The fourth-order valence-electron chi connectivity index (χ4n) is 2.89. The molecule has 2 aromatic rings. The van der Waals surface area contributed by atoms with Gasteiger partial charge in [-0.1, -0.05) is 12.1 Å². The predicted octanol–water partition coefficient (Wildman–Crippen LogP) is 3.64. The van der Waals surface area contributed by atoms with Gasteiger partial charge in [0.2, 0.25) is 0 Å². The molecule has 4 nitrogen and oxygen atoms in total. The lowest BCUT2D eigenvalue weighted by Gasteiger charge is -2.19. The van der Waals surface area contributed by atoms with Crippen LogP contribution in [0.25, 0.3) is 0 Å². The van der Waals surface area contributed by atoms with E-state index in [2.05, 4.69) is 10.5 Å². The number of amides is 1. The van der Waals surface area contributed by atoms with E-state index in [9.17, 15) is 13.6 Å². The Morgan fingerprint density at radius 2 is 1.88 bits per heavy atom. The lowest BCUT2D eigenvalue weighted by Crippen LogP contribution is -2.20. The minimum Gasteiger partial charge on any atom is -0.369 e. The van der Waals surface area contributed by atoms with E-state index < -0.39 is 11.7 Å². The molecule has 1 aliphatic rings. The minimum absolute atomic E-state index is 0.0908. The molecule has 0 atom stereocenters. The number of nitrogens with one attached hydrogen (secondary N) is 1. The van der Waals surface area contributed by atoms with Gasteiger partial charge < -0.3 is 4.90 Å². The van der Waals surface area contributed by atoms with E-state index in [1.165, 1.54) is 30.5 Å². The van der Waals surface area contributed by atoms with Crippen LogP contribution in [0.1, 0.15) is 34.3 Å². The summed E-state index contributed by atoms with van der Waals surface area (Å²) in [4.78, 5) is 13.9. The number of hydrazone groups is 1. The first-order valence-electron chi connectivity index (χ1n) is 8.19. The fraction of sp³-hybridized carbons (Fsp3) is 0.263. The van der Waals surface area contributed by atoms with Gasteiger partial charge in [-0.05, 0) is 49.6 Å². The molecule has 1 aliphatic heterocycles. The molecule has 0 bridgehead atoms. The highest BCUT2D eigenvalue weighted by atomic mass is 19.1. The number of halogens is 2. The standard InChI is InChI=1S/C19H19F2N3O/c1-13-10-18(24-8-4-5-9-24)17(21)11-14(13)12-22-23-19(25)15-6-2-3-7-16(15)20/h2-3,6-7,10-12H,4-5,8-9H2,1H3,(H,23,25)/b22-12-. The zero-order valence-corrected chi connectivity index (χ0v) is 13.9. The van der Waals surface area contributed by atoms with E-state index in [0.29, 0.717) is 11.3 Å². The van der Waals surface area contributed by atoms with Gasteiger partial charge in [0.25, 0.3) is 5.91 Å². The minimum atomic E-state index is -0.652.